The molecule has 7 heteroatoms. The minimum Gasteiger partial charge on any atom is -0.459 e. The molecule has 1 aromatic heterocycles. The van der Waals surface area contributed by atoms with Gasteiger partial charge in [-0.2, -0.15) is 0 Å². The number of rotatable bonds is 8. The molecule has 7 nitrogen and oxygen atoms in total. The third kappa shape index (κ3) is 6.05. The Morgan fingerprint density at radius 3 is 2.50 bits per heavy atom. The van der Waals surface area contributed by atoms with Gasteiger partial charge < -0.3 is 20.0 Å². The molecule has 0 unspecified atom stereocenters. The summed E-state index contributed by atoms with van der Waals surface area (Å²) in [7, 11) is 0. The monoisotopic (exact) mass is 460 g/mol. The molecule has 2 N–H and O–H groups in total. The van der Waals surface area contributed by atoms with Gasteiger partial charge >= 0.3 is 0 Å². The van der Waals surface area contributed by atoms with Crippen LogP contribution in [0.1, 0.15) is 38.5 Å². The zero-order chi connectivity index (χ0) is 23.9. The van der Waals surface area contributed by atoms with Crippen LogP contribution in [0.4, 0.5) is 11.4 Å². The summed E-state index contributed by atoms with van der Waals surface area (Å²) in [4.78, 5) is 29.8. The molecule has 178 valence electrons. The smallest absolute Gasteiger partial charge is 0.291 e. The highest BCUT2D eigenvalue weighted by Crippen LogP contribution is 2.19. The number of furan rings is 1. The van der Waals surface area contributed by atoms with Gasteiger partial charge in [0.2, 0.25) is 0 Å². The molecule has 2 amide bonds. The first kappa shape index (κ1) is 23.6. The van der Waals surface area contributed by atoms with Crippen molar-refractivity contribution in [1.82, 2.24) is 10.2 Å². The molecule has 1 aliphatic heterocycles. The van der Waals surface area contributed by atoms with Gasteiger partial charge in [-0.05, 0) is 74.3 Å². The van der Waals surface area contributed by atoms with E-state index in [1.165, 1.54) is 17.5 Å². The van der Waals surface area contributed by atoms with Gasteiger partial charge in [-0.3, -0.25) is 14.5 Å². The van der Waals surface area contributed by atoms with E-state index in [9.17, 15) is 9.59 Å². The molecule has 1 saturated heterocycles. The van der Waals surface area contributed by atoms with Gasteiger partial charge in [0.05, 0.1) is 6.26 Å². The van der Waals surface area contributed by atoms with Crippen molar-refractivity contribution in [3.8, 4) is 0 Å². The fourth-order valence-corrected chi connectivity index (χ4v) is 4.15. The fourth-order valence-electron chi connectivity index (χ4n) is 4.15. The van der Waals surface area contributed by atoms with Crippen molar-refractivity contribution >= 4 is 23.2 Å². The summed E-state index contributed by atoms with van der Waals surface area (Å²) in [5, 5.41) is 5.81. The first-order chi connectivity index (χ1) is 16.5. The first-order valence-corrected chi connectivity index (χ1v) is 11.8. The van der Waals surface area contributed by atoms with E-state index in [-0.39, 0.29) is 17.6 Å². The number of hydrogen-bond acceptors (Lipinski definition) is 5. The van der Waals surface area contributed by atoms with E-state index in [1.807, 2.05) is 13.0 Å². The van der Waals surface area contributed by atoms with Gasteiger partial charge in [-0.15, -0.1) is 0 Å². The van der Waals surface area contributed by atoms with E-state index in [0.717, 1.165) is 44.7 Å². The molecule has 4 rings (SSSR count). The number of piperazine rings is 1. The summed E-state index contributed by atoms with van der Waals surface area (Å²) in [6.45, 7) is 9.67. The Kier molecular flexibility index (Phi) is 7.65. The highest BCUT2D eigenvalue weighted by Gasteiger charge is 2.17. The van der Waals surface area contributed by atoms with Crippen LogP contribution in [0.25, 0.3) is 0 Å². The van der Waals surface area contributed by atoms with Crippen LogP contribution in [-0.2, 0) is 0 Å². The minimum absolute atomic E-state index is 0.141. The van der Waals surface area contributed by atoms with Gasteiger partial charge in [0.25, 0.3) is 11.8 Å². The number of nitrogens with zero attached hydrogens (tertiary/aromatic N) is 2. The predicted octanol–water partition coefficient (Wildman–Crippen LogP) is 4.09. The summed E-state index contributed by atoms with van der Waals surface area (Å²) in [5.74, 6) is -0.250. The molecule has 0 spiro atoms. The van der Waals surface area contributed by atoms with Crippen LogP contribution in [-0.4, -0.2) is 56.0 Å². The largest absolute Gasteiger partial charge is 0.459 e. The summed E-state index contributed by atoms with van der Waals surface area (Å²) in [6.07, 6.45) is 2.35. The first-order valence-electron chi connectivity index (χ1n) is 11.8. The number of benzene rings is 2. The SMILES string of the molecule is Cc1cccc(N2CCN(CCCNC(=O)c3ccc(C)c(NC(=O)c4ccco4)c3)CC2)c1. The minimum atomic E-state index is -0.340. The lowest BCUT2D eigenvalue weighted by molar-refractivity contribution is 0.0949. The Bertz CT molecular complexity index is 1120. The standard InChI is InChI=1S/C27H32N4O3/c1-20-6-3-7-23(18-20)31-15-13-30(14-16-31)12-5-11-28-26(32)22-10-9-21(2)24(19-22)29-27(33)25-8-4-17-34-25/h3-4,6-10,17-19H,5,11-16H2,1-2H3,(H,28,32)(H,29,33). The predicted molar refractivity (Wildman–Crippen MR) is 135 cm³/mol. The zero-order valence-electron chi connectivity index (χ0n) is 19.8. The van der Waals surface area contributed by atoms with Crippen molar-refractivity contribution in [3.05, 3.63) is 83.3 Å². The van der Waals surface area contributed by atoms with Crippen molar-refractivity contribution < 1.29 is 14.0 Å². The lowest BCUT2D eigenvalue weighted by atomic mass is 10.1. The maximum atomic E-state index is 12.6. The third-order valence-corrected chi connectivity index (χ3v) is 6.17. The lowest BCUT2D eigenvalue weighted by Crippen LogP contribution is -2.47. The molecule has 1 fully saturated rings. The van der Waals surface area contributed by atoms with Crippen LogP contribution in [0.5, 0.6) is 0 Å². The molecule has 0 radical (unpaired) electrons. The Morgan fingerprint density at radius 2 is 1.76 bits per heavy atom. The van der Waals surface area contributed by atoms with E-state index in [4.69, 9.17) is 4.42 Å². The summed E-state index contributed by atoms with van der Waals surface area (Å²) >= 11 is 0. The van der Waals surface area contributed by atoms with E-state index < -0.39 is 0 Å². The maximum Gasteiger partial charge on any atom is 0.291 e. The Morgan fingerprint density at radius 1 is 0.941 bits per heavy atom. The molecule has 3 aromatic rings. The Balaban J connectivity index is 1.20. The third-order valence-electron chi connectivity index (χ3n) is 6.17. The second-order valence-corrected chi connectivity index (χ2v) is 8.74. The topological polar surface area (TPSA) is 77.8 Å². The molecule has 0 aliphatic carbocycles. The van der Waals surface area contributed by atoms with Gasteiger partial charge in [0, 0.05) is 49.7 Å². The molecule has 2 heterocycles. The van der Waals surface area contributed by atoms with Crippen molar-refractivity contribution in [2.45, 2.75) is 20.3 Å². The van der Waals surface area contributed by atoms with Crippen LogP contribution in [0.15, 0.2) is 65.3 Å². The van der Waals surface area contributed by atoms with Crippen LogP contribution < -0.4 is 15.5 Å². The number of aryl methyl sites for hydroxylation is 2. The molecule has 0 saturated carbocycles. The second kappa shape index (κ2) is 11.0. The van der Waals surface area contributed by atoms with Crippen molar-refractivity contribution in [1.29, 1.82) is 0 Å². The summed E-state index contributed by atoms with van der Waals surface area (Å²) in [5.41, 5.74) is 4.58. The number of hydrogen-bond donors (Lipinski definition) is 2. The van der Waals surface area contributed by atoms with Crippen LogP contribution in [0.3, 0.4) is 0 Å². The fraction of sp³-hybridized carbons (Fsp3) is 0.333. The molecular formula is C27H32N4O3. The normalized spacial score (nSPS) is 14.1. The van der Waals surface area contributed by atoms with E-state index >= 15 is 0 Å². The van der Waals surface area contributed by atoms with Crippen molar-refractivity contribution in [2.75, 3.05) is 49.5 Å². The average Bonchev–Trinajstić information content (AvgIpc) is 3.39. The van der Waals surface area contributed by atoms with Crippen molar-refractivity contribution in [3.63, 3.8) is 0 Å². The van der Waals surface area contributed by atoms with Crippen LogP contribution in [0.2, 0.25) is 0 Å². The Labute approximate surface area is 200 Å². The van der Waals surface area contributed by atoms with Gasteiger partial charge in [0.1, 0.15) is 0 Å². The molecule has 0 atom stereocenters. The van der Waals surface area contributed by atoms with Crippen LogP contribution >= 0.6 is 0 Å². The average molecular weight is 461 g/mol. The van der Waals surface area contributed by atoms with Gasteiger partial charge in [-0.1, -0.05) is 18.2 Å². The molecule has 34 heavy (non-hydrogen) atoms. The number of carbonyl (C=O) groups is 2. The molecule has 1 aliphatic rings. The lowest BCUT2D eigenvalue weighted by Gasteiger charge is -2.36. The molecule has 0 bridgehead atoms. The second-order valence-electron chi connectivity index (χ2n) is 8.74. The number of carbonyl (C=O) groups excluding carboxylic acids is 2. The number of anilines is 2. The van der Waals surface area contributed by atoms with Gasteiger partial charge in [0.15, 0.2) is 5.76 Å². The highest BCUT2D eigenvalue weighted by atomic mass is 16.3. The van der Waals surface area contributed by atoms with Gasteiger partial charge in [-0.25, -0.2) is 0 Å². The quantitative estimate of drug-likeness (QED) is 0.495. The molecule has 2 aromatic carbocycles. The van der Waals surface area contributed by atoms with Crippen LogP contribution in [0, 0.1) is 13.8 Å². The molecular weight excluding hydrogens is 428 g/mol. The van der Waals surface area contributed by atoms with E-state index in [2.05, 4.69) is 51.6 Å². The Hall–Kier alpha value is -3.58. The highest BCUT2D eigenvalue weighted by molar-refractivity contribution is 6.03. The number of nitrogens with one attached hydrogen (secondary N) is 2. The zero-order valence-corrected chi connectivity index (χ0v) is 19.8. The number of amides is 2. The van der Waals surface area contributed by atoms with Crippen molar-refractivity contribution in [2.24, 2.45) is 0 Å². The summed E-state index contributed by atoms with van der Waals surface area (Å²) < 4.78 is 5.14. The summed E-state index contributed by atoms with van der Waals surface area (Å²) in [6, 6.07) is 17.2. The maximum absolute atomic E-state index is 12.6. The van der Waals surface area contributed by atoms with E-state index in [1.54, 1.807) is 24.3 Å². The van der Waals surface area contributed by atoms with E-state index in [0.29, 0.717) is 17.8 Å².